The normalized spacial score (nSPS) is 22.1. The molecule has 0 aromatic rings. The first-order valence-corrected chi connectivity index (χ1v) is 7.90. The van der Waals surface area contributed by atoms with E-state index in [4.69, 9.17) is 5.73 Å². The molecule has 2 fully saturated rings. The fourth-order valence-electron chi connectivity index (χ4n) is 3.25. The first kappa shape index (κ1) is 15.3. The standard InChI is InChI=1S/C15H27N3O2/c1-12(16)15(20)18-10-8-17(9-11-18)14(19)7-6-13-4-2-3-5-13/h12-13H,2-11,16H2,1H3/t12-/m1/s1. The van der Waals surface area contributed by atoms with Gasteiger partial charge in [-0.2, -0.15) is 0 Å². The average molecular weight is 281 g/mol. The molecule has 0 unspecified atom stereocenters. The van der Waals surface area contributed by atoms with Gasteiger partial charge in [0.05, 0.1) is 6.04 Å². The van der Waals surface area contributed by atoms with Crippen LogP contribution in [0.5, 0.6) is 0 Å². The minimum absolute atomic E-state index is 0.0111. The number of hydrogen-bond acceptors (Lipinski definition) is 3. The van der Waals surface area contributed by atoms with Crippen LogP contribution >= 0.6 is 0 Å². The van der Waals surface area contributed by atoms with Crippen molar-refractivity contribution in [3.05, 3.63) is 0 Å². The van der Waals surface area contributed by atoms with Gasteiger partial charge in [0.25, 0.3) is 0 Å². The van der Waals surface area contributed by atoms with E-state index >= 15 is 0 Å². The molecule has 0 radical (unpaired) electrons. The van der Waals surface area contributed by atoms with Gasteiger partial charge in [0, 0.05) is 32.6 Å². The predicted octanol–water partition coefficient (Wildman–Crippen LogP) is 0.975. The SMILES string of the molecule is C[C@@H](N)C(=O)N1CCN(C(=O)CCC2CCCC2)CC1. The Morgan fingerprint density at radius 1 is 1.10 bits per heavy atom. The lowest BCUT2D eigenvalue weighted by Gasteiger charge is -2.35. The molecule has 5 nitrogen and oxygen atoms in total. The molecule has 5 heteroatoms. The van der Waals surface area contributed by atoms with Gasteiger partial charge in [-0.15, -0.1) is 0 Å². The minimum atomic E-state index is -0.445. The van der Waals surface area contributed by atoms with Crippen LogP contribution in [-0.2, 0) is 9.59 Å². The zero-order valence-corrected chi connectivity index (χ0v) is 12.5. The molecule has 1 saturated heterocycles. The Morgan fingerprint density at radius 2 is 1.65 bits per heavy atom. The van der Waals surface area contributed by atoms with Crippen molar-refractivity contribution in [2.45, 2.75) is 51.5 Å². The Balaban J connectivity index is 1.70. The summed E-state index contributed by atoms with van der Waals surface area (Å²) in [5, 5.41) is 0. The Kier molecular flexibility index (Phi) is 5.40. The average Bonchev–Trinajstić information content (AvgIpc) is 2.97. The summed E-state index contributed by atoms with van der Waals surface area (Å²) in [4.78, 5) is 27.6. The molecule has 1 aliphatic carbocycles. The number of carbonyl (C=O) groups excluding carboxylic acids is 2. The summed E-state index contributed by atoms with van der Waals surface area (Å²) < 4.78 is 0. The van der Waals surface area contributed by atoms with Crippen LogP contribution in [0.15, 0.2) is 0 Å². The lowest BCUT2D eigenvalue weighted by Crippen LogP contribution is -2.53. The van der Waals surface area contributed by atoms with Crippen molar-refractivity contribution in [3.8, 4) is 0 Å². The molecule has 114 valence electrons. The third kappa shape index (κ3) is 3.95. The van der Waals surface area contributed by atoms with E-state index < -0.39 is 6.04 Å². The highest BCUT2D eigenvalue weighted by Gasteiger charge is 2.26. The zero-order chi connectivity index (χ0) is 14.5. The van der Waals surface area contributed by atoms with Crippen molar-refractivity contribution in [3.63, 3.8) is 0 Å². The molecule has 1 heterocycles. The first-order chi connectivity index (χ1) is 9.58. The largest absolute Gasteiger partial charge is 0.339 e. The Labute approximate surface area is 121 Å². The van der Waals surface area contributed by atoms with Crippen LogP contribution in [0.2, 0.25) is 0 Å². The van der Waals surface area contributed by atoms with Crippen molar-refractivity contribution < 1.29 is 9.59 Å². The van der Waals surface area contributed by atoms with E-state index in [0.29, 0.717) is 32.6 Å². The number of hydrogen-bond donors (Lipinski definition) is 1. The lowest BCUT2D eigenvalue weighted by atomic mass is 10.0. The van der Waals surface area contributed by atoms with Gasteiger partial charge in [-0.1, -0.05) is 25.7 Å². The number of nitrogens with two attached hydrogens (primary N) is 1. The maximum Gasteiger partial charge on any atom is 0.239 e. The monoisotopic (exact) mass is 281 g/mol. The summed E-state index contributed by atoms with van der Waals surface area (Å²) in [7, 11) is 0. The molecule has 0 aromatic carbocycles. The summed E-state index contributed by atoms with van der Waals surface area (Å²) in [5.74, 6) is 1.01. The third-order valence-corrected chi connectivity index (χ3v) is 4.57. The quantitative estimate of drug-likeness (QED) is 0.835. The number of nitrogens with zero attached hydrogens (tertiary/aromatic N) is 2. The van der Waals surface area contributed by atoms with Crippen molar-refractivity contribution in [1.29, 1.82) is 0 Å². The molecule has 1 atom stereocenters. The molecule has 2 aliphatic rings. The zero-order valence-electron chi connectivity index (χ0n) is 12.5. The van der Waals surface area contributed by atoms with Gasteiger partial charge < -0.3 is 15.5 Å². The van der Waals surface area contributed by atoms with Crippen LogP contribution in [0.4, 0.5) is 0 Å². The van der Waals surface area contributed by atoms with E-state index in [1.807, 2.05) is 4.90 Å². The summed E-state index contributed by atoms with van der Waals surface area (Å²) >= 11 is 0. The van der Waals surface area contributed by atoms with Gasteiger partial charge in [0.15, 0.2) is 0 Å². The third-order valence-electron chi connectivity index (χ3n) is 4.57. The second-order valence-electron chi connectivity index (χ2n) is 6.18. The van der Waals surface area contributed by atoms with Gasteiger partial charge in [0.1, 0.15) is 0 Å². The number of carbonyl (C=O) groups is 2. The number of amides is 2. The molecule has 2 amide bonds. The lowest BCUT2D eigenvalue weighted by molar-refractivity contribution is -0.140. The second-order valence-corrected chi connectivity index (χ2v) is 6.18. The molecule has 1 aliphatic heterocycles. The Hall–Kier alpha value is -1.10. The molecule has 0 aromatic heterocycles. The first-order valence-electron chi connectivity index (χ1n) is 7.90. The fraction of sp³-hybridized carbons (Fsp3) is 0.867. The summed E-state index contributed by atoms with van der Waals surface area (Å²) in [6.45, 7) is 4.26. The molecular weight excluding hydrogens is 254 g/mol. The van der Waals surface area contributed by atoms with E-state index in [1.165, 1.54) is 25.7 Å². The molecule has 2 rings (SSSR count). The van der Waals surface area contributed by atoms with Gasteiger partial charge >= 0.3 is 0 Å². The predicted molar refractivity (Wildman–Crippen MR) is 78.0 cm³/mol. The number of rotatable bonds is 4. The van der Waals surface area contributed by atoms with Crippen LogP contribution in [0.3, 0.4) is 0 Å². The molecule has 20 heavy (non-hydrogen) atoms. The fourth-order valence-corrected chi connectivity index (χ4v) is 3.25. The highest BCUT2D eigenvalue weighted by Crippen LogP contribution is 2.28. The van der Waals surface area contributed by atoms with Gasteiger partial charge in [-0.25, -0.2) is 0 Å². The van der Waals surface area contributed by atoms with Crippen LogP contribution < -0.4 is 5.73 Å². The van der Waals surface area contributed by atoms with Gasteiger partial charge in [-0.05, 0) is 19.3 Å². The molecular formula is C15H27N3O2. The van der Waals surface area contributed by atoms with E-state index in [-0.39, 0.29) is 11.8 Å². The summed E-state index contributed by atoms with van der Waals surface area (Å²) in [6.07, 6.45) is 6.96. The van der Waals surface area contributed by atoms with E-state index in [9.17, 15) is 9.59 Å². The van der Waals surface area contributed by atoms with Crippen molar-refractivity contribution in [2.75, 3.05) is 26.2 Å². The van der Waals surface area contributed by atoms with E-state index in [2.05, 4.69) is 0 Å². The summed E-state index contributed by atoms with van der Waals surface area (Å²) in [6, 6.07) is -0.445. The summed E-state index contributed by atoms with van der Waals surface area (Å²) in [5.41, 5.74) is 5.61. The van der Waals surface area contributed by atoms with Crippen molar-refractivity contribution in [1.82, 2.24) is 9.80 Å². The van der Waals surface area contributed by atoms with Crippen molar-refractivity contribution in [2.24, 2.45) is 11.7 Å². The highest BCUT2D eigenvalue weighted by atomic mass is 16.2. The second kappa shape index (κ2) is 7.07. The highest BCUT2D eigenvalue weighted by molar-refractivity contribution is 5.82. The Morgan fingerprint density at radius 3 is 2.20 bits per heavy atom. The molecule has 1 saturated carbocycles. The van der Waals surface area contributed by atoms with E-state index in [0.717, 1.165) is 12.3 Å². The van der Waals surface area contributed by atoms with Gasteiger partial charge in [-0.3, -0.25) is 9.59 Å². The van der Waals surface area contributed by atoms with Crippen molar-refractivity contribution >= 4 is 11.8 Å². The maximum atomic E-state index is 12.2. The van der Waals surface area contributed by atoms with E-state index in [1.54, 1.807) is 11.8 Å². The van der Waals surface area contributed by atoms with Crippen LogP contribution in [0, 0.1) is 5.92 Å². The molecule has 2 N–H and O–H groups in total. The topological polar surface area (TPSA) is 66.6 Å². The maximum absolute atomic E-state index is 12.2. The van der Waals surface area contributed by atoms with Crippen LogP contribution in [0.25, 0.3) is 0 Å². The Bertz CT molecular complexity index is 343. The molecule has 0 bridgehead atoms. The number of piperazine rings is 1. The minimum Gasteiger partial charge on any atom is -0.339 e. The van der Waals surface area contributed by atoms with Crippen LogP contribution in [0.1, 0.15) is 45.4 Å². The smallest absolute Gasteiger partial charge is 0.239 e. The van der Waals surface area contributed by atoms with Crippen LogP contribution in [-0.4, -0.2) is 53.8 Å². The van der Waals surface area contributed by atoms with Gasteiger partial charge in [0.2, 0.25) is 11.8 Å². The molecule has 0 spiro atoms.